The van der Waals surface area contributed by atoms with Crippen molar-refractivity contribution in [1.29, 1.82) is 0 Å². The number of hydrogen-bond acceptors (Lipinski definition) is 3. The average molecular weight is 211 g/mol. The molecule has 5 nitrogen and oxygen atoms in total. The molecule has 15 heavy (non-hydrogen) atoms. The molecule has 1 atom stereocenters. The number of rotatable bonds is 6. The van der Waals surface area contributed by atoms with Crippen LogP contribution in [0.15, 0.2) is 12.4 Å². The number of hydrogen-bond donors (Lipinski definition) is 2. The molecule has 0 spiro atoms. The summed E-state index contributed by atoms with van der Waals surface area (Å²) in [7, 11) is 1.86. The van der Waals surface area contributed by atoms with Crippen LogP contribution in [-0.2, 0) is 18.3 Å². The highest BCUT2D eigenvalue weighted by Crippen LogP contribution is 1.97. The van der Waals surface area contributed by atoms with Gasteiger partial charge in [-0.25, -0.2) is 0 Å². The van der Waals surface area contributed by atoms with Gasteiger partial charge in [-0.15, -0.1) is 0 Å². The minimum Gasteiger partial charge on any atom is -0.480 e. The third-order valence-corrected chi connectivity index (χ3v) is 2.27. The fourth-order valence-electron chi connectivity index (χ4n) is 1.40. The second kappa shape index (κ2) is 5.50. The molecule has 0 fully saturated rings. The highest BCUT2D eigenvalue weighted by Gasteiger charge is 2.12. The summed E-state index contributed by atoms with van der Waals surface area (Å²) in [6.07, 6.45) is 5.13. The Morgan fingerprint density at radius 2 is 2.47 bits per heavy atom. The molecule has 0 bridgehead atoms. The summed E-state index contributed by atoms with van der Waals surface area (Å²) in [6, 6.07) is -0.443. The molecule has 1 aromatic rings. The molecule has 0 saturated heterocycles. The number of carboxylic acids is 1. The largest absolute Gasteiger partial charge is 0.480 e. The highest BCUT2D eigenvalue weighted by molar-refractivity contribution is 5.73. The SMILES string of the molecule is CCC(NCCc1cnn(C)c1)C(=O)O. The van der Waals surface area contributed by atoms with Crippen molar-refractivity contribution >= 4 is 5.97 Å². The maximum absolute atomic E-state index is 10.7. The molecule has 0 aliphatic carbocycles. The first-order valence-corrected chi connectivity index (χ1v) is 5.07. The van der Waals surface area contributed by atoms with Crippen LogP contribution in [0.5, 0.6) is 0 Å². The summed E-state index contributed by atoms with van der Waals surface area (Å²) in [5, 5.41) is 15.8. The molecule has 5 heteroatoms. The van der Waals surface area contributed by atoms with E-state index in [4.69, 9.17) is 5.11 Å². The Hall–Kier alpha value is -1.36. The molecular formula is C10H17N3O2. The Morgan fingerprint density at radius 1 is 1.73 bits per heavy atom. The lowest BCUT2D eigenvalue weighted by Crippen LogP contribution is -2.37. The van der Waals surface area contributed by atoms with Crippen molar-refractivity contribution in [3.63, 3.8) is 0 Å². The lowest BCUT2D eigenvalue weighted by molar-refractivity contribution is -0.139. The Balaban J connectivity index is 2.29. The van der Waals surface area contributed by atoms with Crippen molar-refractivity contribution in [3.8, 4) is 0 Å². The number of carbonyl (C=O) groups is 1. The summed E-state index contributed by atoms with van der Waals surface area (Å²) in [6.45, 7) is 2.52. The van der Waals surface area contributed by atoms with Gasteiger partial charge in [0.25, 0.3) is 0 Å². The van der Waals surface area contributed by atoms with Crippen LogP contribution < -0.4 is 5.32 Å². The number of nitrogens with one attached hydrogen (secondary N) is 1. The predicted molar refractivity (Wildman–Crippen MR) is 56.6 cm³/mol. The maximum Gasteiger partial charge on any atom is 0.320 e. The van der Waals surface area contributed by atoms with E-state index < -0.39 is 12.0 Å². The number of nitrogens with zero attached hydrogens (tertiary/aromatic N) is 2. The van der Waals surface area contributed by atoms with Crippen LogP contribution in [0.3, 0.4) is 0 Å². The summed E-state index contributed by atoms with van der Waals surface area (Å²) < 4.78 is 1.74. The maximum atomic E-state index is 10.7. The topological polar surface area (TPSA) is 67.2 Å². The van der Waals surface area contributed by atoms with E-state index in [0.29, 0.717) is 13.0 Å². The lowest BCUT2D eigenvalue weighted by Gasteiger charge is -2.10. The molecule has 2 N–H and O–H groups in total. The van der Waals surface area contributed by atoms with Gasteiger partial charge in [-0.3, -0.25) is 9.48 Å². The van der Waals surface area contributed by atoms with Gasteiger partial charge in [0, 0.05) is 19.8 Å². The number of aryl methyl sites for hydroxylation is 1. The zero-order chi connectivity index (χ0) is 11.3. The minimum atomic E-state index is -0.788. The van der Waals surface area contributed by atoms with Crippen LogP contribution in [0.25, 0.3) is 0 Å². The van der Waals surface area contributed by atoms with E-state index in [9.17, 15) is 4.79 Å². The van der Waals surface area contributed by atoms with Crippen LogP contribution in [0.1, 0.15) is 18.9 Å². The lowest BCUT2D eigenvalue weighted by atomic mass is 10.2. The molecule has 84 valence electrons. The molecule has 1 unspecified atom stereocenters. The summed E-state index contributed by atoms with van der Waals surface area (Å²) in [5.74, 6) is -0.788. The molecule has 0 radical (unpaired) electrons. The van der Waals surface area contributed by atoms with E-state index in [1.165, 1.54) is 0 Å². The first-order chi connectivity index (χ1) is 7.13. The molecule has 0 aliphatic rings. The van der Waals surface area contributed by atoms with E-state index in [1.54, 1.807) is 10.9 Å². The molecule has 0 saturated carbocycles. The molecular weight excluding hydrogens is 194 g/mol. The Kier molecular flexibility index (Phi) is 4.30. The molecule has 1 heterocycles. The molecule has 0 aromatic carbocycles. The van der Waals surface area contributed by atoms with Crippen molar-refractivity contribution in [3.05, 3.63) is 18.0 Å². The molecule has 1 rings (SSSR count). The third kappa shape index (κ3) is 3.71. The van der Waals surface area contributed by atoms with Gasteiger partial charge in [-0.1, -0.05) is 6.92 Å². The van der Waals surface area contributed by atoms with Gasteiger partial charge in [-0.2, -0.15) is 5.10 Å². The third-order valence-electron chi connectivity index (χ3n) is 2.27. The van der Waals surface area contributed by atoms with Crippen LogP contribution in [0.2, 0.25) is 0 Å². The Labute approximate surface area is 89.1 Å². The monoisotopic (exact) mass is 211 g/mol. The van der Waals surface area contributed by atoms with E-state index in [0.717, 1.165) is 12.0 Å². The van der Waals surface area contributed by atoms with E-state index in [1.807, 2.05) is 20.2 Å². The fourth-order valence-corrected chi connectivity index (χ4v) is 1.40. The van der Waals surface area contributed by atoms with E-state index >= 15 is 0 Å². The summed E-state index contributed by atoms with van der Waals surface area (Å²) in [5.41, 5.74) is 1.12. The van der Waals surface area contributed by atoms with Crippen LogP contribution >= 0.6 is 0 Å². The minimum absolute atomic E-state index is 0.443. The Bertz CT molecular complexity index is 322. The van der Waals surface area contributed by atoms with Crippen molar-refractivity contribution < 1.29 is 9.90 Å². The normalized spacial score (nSPS) is 12.7. The predicted octanol–water partition coefficient (Wildman–Crippen LogP) is 0.415. The van der Waals surface area contributed by atoms with Crippen LogP contribution in [0.4, 0.5) is 0 Å². The van der Waals surface area contributed by atoms with Crippen molar-refractivity contribution in [2.45, 2.75) is 25.8 Å². The van der Waals surface area contributed by atoms with Crippen molar-refractivity contribution in [1.82, 2.24) is 15.1 Å². The van der Waals surface area contributed by atoms with Gasteiger partial charge in [0.05, 0.1) is 6.20 Å². The summed E-state index contributed by atoms with van der Waals surface area (Å²) in [4.78, 5) is 10.7. The van der Waals surface area contributed by atoms with Gasteiger partial charge < -0.3 is 10.4 Å². The smallest absolute Gasteiger partial charge is 0.320 e. The van der Waals surface area contributed by atoms with Gasteiger partial charge >= 0.3 is 5.97 Å². The average Bonchev–Trinajstić information content (AvgIpc) is 2.58. The van der Waals surface area contributed by atoms with Gasteiger partial charge in [0.15, 0.2) is 0 Å². The quantitative estimate of drug-likeness (QED) is 0.715. The molecule has 0 amide bonds. The van der Waals surface area contributed by atoms with Crippen molar-refractivity contribution in [2.75, 3.05) is 6.54 Å². The first kappa shape index (κ1) is 11.7. The molecule has 1 aromatic heterocycles. The molecule has 0 aliphatic heterocycles. The highest BCUT2D eigenvalue weighted by atomic mass is 16.4. The Morgan fingerprint density at radius 3 is 2.93 bits per heavy atom. The van der Waals surface area contributed by atoms with Crippen LogP contribution in [0, 0.1) is 0 Å². The van der Waals surface area contributed by atoms with Crippen LogP contribution in [-0.4, -0.2) is 33.4 Å². The standard InChI is InChI=1S/C10H17N3O2/c1-3-9(10(14)15)11-5-4-8-6-12-13(2)7-8/h6-7,9,11H,3-5H2,1-2H3,(H,14,15). The van der Waals surface area contributed by atoms with E-state index in [2.05, 4.69) is 10.4 Å². The van der Waals surface area contributed by atoms with Gasteiger partial charge in [0.1, 0.15) is 6.04 Å². The summed E-state index contributed by atoms with van der Waals surface area (Å²) >= 11 is 0. The van der Waals surface area contributed by atoms with E-state index in [-0.39, 0.29) is 0 Å². The number of carboxylic acid groups (broad SMARTS) is 1. The van der Waals surface area contributed by atoms with Gasteiger partial charge in [0.2, 0.25) is 0 Å². The second-order valence-electron chi connectivity index (χ2n) is 3.53. The second-order valence-corrected chi connectivity index (χ2v) is 3.53. The first-order valence-electron chi connectivity index (χ1n) is 5.07. The van der Waals surface area contributed by atoms with Gasteiger partial charge in [-0.05, 0) is 18.4 Å². The zero-order valence-corrected chi connectivity index (χ0v) is 9.10. The fraction of sp³-hybridized carbons (Fsp3) is 0.600. The zero-order valence-electron chi connectivity index (χ0n) is 9.10. The number of aromatic nitrogens is 2. The van der Waals surface area contributed by atoms with Crippen molar-refractivity contribution in [2.24, 2.45) is 7.05 Å². The number of aliphatic carboxylic acids is 1.